The molecule has 0 aromatic carbocycles. The number of aliphatic hydroxyl groups is 5. The molecule has 6 atom stereocenters. The SMILES string of the molecule is CC(O)CCC(O)CCC1NC(CO)C(O)C1O. The van der Waals surface area contributed by atoms with Gasteiger partial charge < -0.3 is 30.8 Å². The van der Waals surface area contributed by atoms with Crippen LogP contribution in [0, 0.1) is 0 Å². The highest BCUT2D eigenvalue weighted by Gasteiger charge is 2.40. The lowest BCUT2D eigenvalue weighted by Crippen LogP contribution is -2.36. The highest BCUT2D eigenvalue weighted by Crippen LogP contribution is 2.19. The van der Waals surface area contributed by atoms with E-state index >= 15 is 0 Å². The Hall–Kier alpha value is -0.240. The summed E-state index contributed by atoms with van der Waals surface area (Å²) in [6.07, 6.45) is -0.729. The Balaban J connectivity index is 2.27. The Kier molecular flexibility index (Phi) is 6.48. The predicted molar refractivity (Wildman–Crippen MR) is 66.0 cm³/mol. The van der Waals surface area contributed by atoms with Crippen LogP contribution >= 0.6 is 0 Å². The van der Waals surface area contributed by atoms with Crippen LogP contribution in [0.25, 0.3) is 0 Å². The van der Waals surface area contributed by atoms with Gasteiger partial charge in [-0.25, -0.2) is 0 Å². The maximum atomic E-state index is 9.74. The topological polar surface area (TPSA) is 113 Å². The molecule has 0 saturated carbocycles. The molecule has 1 heterocycles. The summed E-state index contributed by atoms with van der Waals surface area (Å²) in [5.41, 5.74) is 0. The van der Waals surface area contributed by atoms with Crippen molar-refractivity contribution >= 4 is 0 Å². The molecule has 1 aliphatic heterocycles. The minimum atomic E-state index is -0.963. The quantitative estimate of drug-likeness (QED) is 0.328. The van der Waals surface area contributed by atoms with Crippen LogP contribution in [0.4, 0.5) is 0 Å². The van der Waals surface area contributed by atoms with E-state index < -0.39 is 30.5 Å². The fourth-order valence-corrected chi connectivity index (χ4v) is 2.31. The van der Waals surface area contributed by atoms with Gasteiger partial charge in [-0.15, -0.1) is 0 Å². The van der Waals surface area contributed by atoms with Gasteiger partial charge >= 0.3 is 0 Å². The van der Waals surface area contributed by atoms with Crippen LogP contribution in [0.15, 0.2) is 0 Å². The summed E-state index contributed by atoms with van der Waals surface area (Å²) in [7, 11) is 0. The van der Waals surface area contributed by atoms with Gasteiger partial charge in [0.25, 0.3) is 0 Å². The molecule has 0 spiro atoms. The Morgan fingerprint density at radius 1 is 1.00 bits per heavy atom. The van der Waals surface area contributed by atoms with Crippen LogP contribution in [0.5, 0.6) is 0 Å². The van der Waals surface area contributed by atoms with E-state index in [1.54, 1.807) is 6.92 Å². The summed E-state index contributed by atoms with van der Waals surface area (Å²) in [5.74, 6) is 0. The lowest BCUT2D eigenvalue weighted by Gasteiger charge is -2.18. The van der Waals surface area contributed by atoms with Gasteiger partial charge in [-0.2, -0.15) is 0 Å². The first-order valence-electron chi connectivity index (χ1n) is 6.54. The molecule has 0 aromatic heterocycles. The van der Waals surface area contributed by atoms with E-state index in [4.69, 9.17) is 10.2 Å². The van der Waals surface area contributed by atoms with Crippen LogP contribution in [0.1, 0.15) is 32.6 Å². The third-order valence-corrected chi connectivity index (χ3v) is 3.53. The van der Waals surface area contributed by atoms with Crippen LogP contribution < -0.4 is 5.32 Å². The van der Waals surface area contributed by atoms with Crippen molar-refractivity contribution in [3.05, 3.63) is 0 Å². The van der Waals surface area contributed by atoms with E-state index in [0.717, 1.165) is 0 Å². The molecule has 6 unspecified atom stereocenters. The first-order chi connectivity index (χ1) is 8.45. The molecule has 0 aliphatic carbocycles. The number of hydrogen-bond donors (Lipinski definition) is 6. The van der Waals surface area contributed by atoms with Crippen molar-refractivity contribution in [1.82, 2.24) is 5.32 Å². The molecular formula is C12H25NO5. The van der Waals surface area contributed by atoms with Gasteiger partial charge in [0.1, 0.15) is 0 Å². The first kappa shape index (κ1) is 15.8. The van der Waals surface area contributed by atoms with Crippen molar-refractivity contribution in [2.45, 2.75) is 69.1 Å². The Morgan fingerprint density at radius 3 is 2.11 bits per heavy atom. The molecule has 0 amide bonds. The van der Waals surface area contributed by atoms with Crippen molar-refractivity contribution in [2.75, 3.05) is 6.61 Å². The van der Waals surface area contributed by atoms with Gasteiger partial charge in [-0.3, -0.25) is 0 Å². The molecule has 0 bridgehead atoms. The molecular weight excluding hydrogens is 238 g/mol. The second kappa shape index (κ2) is 7.37. The minimum absolute atomic E-state index is 0.223. The van der Waals surface area contributed by atoms with Crippen molar-refractivity contribution in [3.8, 4) is 0 Å². The highest BCUT2D eigenvalue weighted by atomic mass is 16.3. The molecule has 6 heteroatoms. The van der Waals surface area contributed by atoms with Crippen molar-refractivity contribution in [3.63, 3.8) is 0 Å². The van der Waals surface area contributed by atoms with E-state index in [-0.39, 0.29) is 12.6 Å². The number of nitrogens with one attached hydrogen (secondary N) is 1. The number of aliphatic hydroxyl groups excluding tert-OH is 5. The van der Waals surface area contributed by atoms with E-state index in [1.165, 1.54) is 0 Å². The van der Waals surface area contributed by atoms with Crippen LogP contribution in [0.3, 0.4) is 0 Å². The van der Waals surface area contributed by atoms with E-state index in [1.807, 2.05) is 0 Å². The maximum absolute atomic E-state index is 9.74. The summed E-state index contributed by atoms with van der Waals surface area (Å²) in [5, 5.41) is 50.1. The largest absolute Gasteiger partial charge is 0.395 e. The smallest absolute Gasteiger partial charge is 0.0989 e. The van der Waals surface area contributed by atoms with Gasteiger partial charge in [0.05, 0.1) is 37.1 Å². The first-order valence-corrected chi connectivity index (χ1v) is 6.54. The highest BCUT2D eigenvalue weighted by molar-refractivity contribution is 4.97. The van der Waals surface area contributed by atoms with E-state index in [0.29, 0.717) is 25.7 Å². The molecule has 1 aliphatic rings. The van der Waals surface area contributed by atoms with E-state index in [2.05, 4.69) is 5.32 Å². The molecule has 0 aromatic rings. The summed E-state index contributed by atoms with van der Waals surface area (Å²) < 4.78 is 0. The van der Waals surface area contributed by atoms with Crippen LogP contribution in [-0.2, 0) is 0 Å². The zero-order chi connectivity index (χ0) is 13.7. The Labute approximate surface area is 107 Å². The number of hydrogen-bond acceptors (Lipinski definition) is 6. The average Bonchev–Trinajstić information content (AvgIpc) is 2.61. The molecule has 108 valence electrons. The lowest BCUT2D eigenvalue weighted by molar-refractivity contribution is 0.0167. The molecule has 18 heavy (non-hydrogen) atoms. The predicted octanol–water partition coefficient (Wildman–Crippen LogP) is -1.66. The summed E-state index contributed by atoms with van der Waals surface area (Å²) in [6, 6.07) is -0.807. The minimum Gasteiger partial charge on any atom is -0.395 e. The van der Waals surface area contributed by atoms with Crippen LogP contribution in [0.2, 0.25) is 0 Å². The van der Waals surface area contributed by atoms with Gasteiger partial charge in [0.15, 0.2) is 0 Å². The fraction of sp³-hybridized carbons (Fsp3) is 1.00. The zero-order valence-corrected chi connectivity index (χ0v) is 10.7. The Bertz CT molecular complexity index is 239. The van der Waals surface area contributed by atoms with E-state index in [9.17, 15) is 15.3 Å². The van der Waals surface area contributed by atoms with Gasteiger partial charge in [0.2, 0.25) is 0 Å². The maximum Gasteiger partial charge on any atom is 0.0989 e. The third kappa shape index (κ3) is 4.46. The molecule has 1 fully saturated rings. The standard InChI is InChI=1S/C12H25NO5/c1-7(15)2-3-8(16)4-5-9-11(17)12(18)10(6-14)13-9/h7-18H,2-6H2,1H3. The number of rotatable bonds is 7. The molecule has 0 radical (unpaired) electrons. The zero-order valence-electron chi connectivity index (χ0n) is 10.7. The van der Waals surface area contributed by atoms with Crippen LogP contribution in [-0.4, -0.2) is 68.6 Å². The monoisotopic (exact) mass is 263 g/mol. The third-order valence-electron chi connectivity index (χ3n) is 3.53. The van der Waals surface area contributed by atoms with Gasteiger partial charge in [-0.1, -0.05) is 0 Å². The van der Waals surface area contributed by atoms with Crippen molar-refractivity contribution in [1.29, 1.82) is 0 Å². The molecule has 1 rings (SSSR count). The summed E-state index contributed by atoms with van der Waals surface area (Å²) in [6.45, 7) is 1.45. The summed E-state index contributed by atoms with van der Waals surface area (Å²) in [4.78, 5) is 0. The fourth-order valence-electron chi connectivity index (χ4n) is 2.31. The van der Waals surface area contributed by atoms with Crippen molar-refractivity contribution < 1.29 is 25.5 Å². The molecule has 6 N–H and O–H groups in total. The summed E-state index contributed by atoms with van der Waals surface area (Å²) >= 11 is 0. The normalized spacial score (nSPS) is 35.7. The second-order valence-corrected chi connectivity index (χ2v) is 5.20. The average molecular weight is 263 g/mol. The lowest BCUT2D eigenvalue weighted by atomic mass is 10.00. The second-order valence-electron chi connectivity index (χ2n) is 5.20. The molecule has 1 saturated heterocycles. The Morgan fingerprint density at radius 2 is 1.61 bits per heavy atom. The molecule has 6 nitrogen and oxygen atoms in total. The van der Waals surface area contributed by atoms with Gasteiger partial charge in [0, 0.05) is 6.04 Å². The van der Waals surface area contributed by atoms with Crippen molar-refractivity contribution in [2.24, 2.45) is 0 Å². The van der Waals surface area contributed by atoms with Gasteiger partial charge in [-0.05, 0) is 32.6 Å².